The fourth-order valence-electron chi connectivity index (χ4n) is 5.48. The van der Waals surface area contributed by atoms with E-state index in [-0.39, 0.29) is 35.6 Å². The van der Waals surface area contributed by atoms with Crippen molar-refractivity contribution >= 4 is 17.8 Å². The molecule has 6 nitrogen and oxygen atoms in total. The summed E-state index contributed by atoms with van der Waals surface area (Å²) in [6, 6.07) is 12.9. The van der Waals surface area contributed by atoms with Crippen molar-refractivity contribution in [1.82, 2.24) is 10.2 Å². The lowest BCUT2D eigenvalue weighted by Crippen LogP contribution is -2.47. The SMILES string of the molecule is C[C@@]12CC(=O)N[C@@H]1N(C(=O)c1cccc(C(F)(F)F)c1)[C@@H](c1ccccc1OC(=O)c1cccc(C(F)(F)F)c1)C2. The van der Waals surface area contributed by atoms with Crippen molar-refractivity contribution in [3.05, 3.63) is 101 Å². The lowest BCUT2D eigenvalue weighted by molar-refractivity contribution is -0.138. The summed E-state index contributed by atoms with van der Waals surface area (Å²) in [6.07, 6.45) is -10.00. The molecule has 0 saturated carbocycles. The summed E-state index contributed by atoms with van der Waals surface area (Å²) in [5, 5.41) is 2.74. The number of carbonyl (C=O) groups is 3. The molecule has 0 aliphatic carbocycles. The fourth-order valence-corrected chi connectivity index (χ4v) is 5.48. The van der Waals surface area contributed by atoms with Crippen LogP contribution in [0.4, 0.5) is 26.3 Å². The number of likely N-dealkylation sites (tertiary alicyclic amines) is 1. The van der Waals surface area contributed by atoms with Crippen LogP contribution >= 0.6 is 0 Å². The number of rotatable bonds is 4. The summed E-state index contributed by atoms with van der Waals surface area (Å²) < 4.78 is 85.2. The average molecular weight is 576 g/mol. The van der Waals surface area contributed by atoms with Crippen LogP contribution in [0.2, 0.25) is 0 Å². The fraction of sp³-hybridized carbons (Fsp3) is 0.276. The predicted octanol–water partition coefficient (Wildman–Crippen LogP) is 6.38. The van der Waals surface area contributed by atoms with E-state index in [4.69, 9.17) is 4.74 Å². The van der Waals surface area contributed by atoms with Gasteiger partial charge in [-0.25, -0.2) is 4.79 Å². The van der Waals surface area contributed by atoms with E-state index in [1.807, 2.05) is 0 Å². The Morgan fingerprint density at radius 3 is 2.10 bits per heavy atom. The first-order chi connectivity index (χ1) is 19.2. The lowest BCUT2D eigenvalue weighted by Gasteiger charge is -2.32. The number of benzene rings is 3. The largest absolute Gasteiger partial charge is 0.423 e. The van der Waals surface area contributed by atoms with Crippen LogP contribution in [0.3, 0.4) is 0 Å². The molecule has 41 heavy (non-hydrogen) atoms. The second kappa shape index (κ2) is 9.93. The zero-order valence-corrected chi connectivity index (χ0v) is 21.3. The molecule has 0 aromatic heterocycles. The van der Waals surface area contributed by atoms with Gasteiger partial charge in [-0.15, -0.1) is 0 Å². The van der Waals surface area contributed by atoms with Crippen molar-refractivity contribution in [3.63, 3.8) is 0 Å². The Morgan fingerprint density at radius 1 is 0.878 bits per heavy atom. The normalized spacial score (nSPS) is 22.3. The van der Waals surface area contributed by atoms with E-state index < -0.39 is 53.0 Å². The first kappa shape index (κ1) is 28.2. The Hall–Kier alpha value is -4.35. The van der Waals surface area contributed by atoms with Crippen LogP contribution in [0.15, 0.2) is 72.8 Å². The maximum Gasteiger partial charge on any atom is 0.416 e. The van der Waals surface area contributed by atoms with Crippen LogP contribution < -0.4 is 10.1 Å². The molecule has 0 spiro atoms. The Bertz CT molecular complexity index is 1540. The standard InChI is InChI=1S/C29H22F6N2O4/c1-27-14-21(20-10-2-3-11-22(20)41-25(40)17-7-5-9-19(13-17)29(33,34)35)37(26(27)36-23(38)15-27)24(39)16-6-4-8-18(12-16)28(30,31)32/h2-13,21,26H,14-15H2,1H3,(H,36,38)/t21-,26-,27-/m1/s1. The van der Waals surface area contributed by atoms with E-state index in [0.717, 1.165) is 30.3 Å². The molecule has 0 unspecified atom stereocenters. The van der Waals surface area contributed by atoms with Crippen molar-refractivity contribution in [2.45, 2.75) is 44.3 Å². The smallest absolute Gasteiger partial charge is 0.416 e. The van der Waals surface area contributed by atoms with Crippen molar-refractivity contribution < 1.29 is 45.5 Å². The first-order valence-electron chi connectivity index (χ1n) is 12.4. The van der Waals surface area contributed by atoms with Gasteiger partial charge in [-0.05, 0) is 48.9 Å². The summed E-state index contributed by atoms with van der Waals surface area (Å²) in [5.41, 5.74) is -3.16. The molecular weight excluding hydrogens is 554 g/mol. The van der Waals surface area contributed by atoms with E-state index in [0.29, 0.717) is 11.6 Å². The van der Waals surface area contributed by atoms with Crippen LogP contribution in [0.25, 0.3) is 0 Å². The molecule has 1 N–H and O–H groups in total. The number of hydrogen-bond donors (Lipinski definition) is 1. The van der Waals surface area contributed by atoms with Gasteiger partial charge in [-0.1, -0.05) is 37.3 Å². The number of para-hydroxylation sites is 1. The van der Waals surface area contributed by atoms with Gasteiger partial charge >= 0.3 is 18.3 Å². The molecule has 2 amide bonds. The molecule has 214 valence electrons. The number of nitrogens with one attached hydrogen (secondary N) is 1. The van der Waals surface area contributed by atoms with Gasteiger partial charge in [0.05, 0.1) is 22.7 Å². The van der Waals surface area contributed by atoms with Crippen LogP contribution in [-0.4, -0.2) is 28.8 Å². The highest BCUT2D eigenvalue weighted by molar-refractivity contribution is 5.96. The zero-order chi connectivity index (χ0) is 29.7. The molecule has 0 bridgehead atoms. The minimum atomic E-state index is -4.69. The van der Waals surface area contributed by atoms with Gasteiger partial charge in [-0.3, -0.25) is 9.59 Å². The molecule has 0 radical (unpaired) electrons. The van der Waals surface area contributed by atoms with E-state index in [1.165, 1.54) is 29.2 Å². The van der Waals surface area contributed by atoms with Crippen LogP contribution in [0, 0.1) is 5.41 Å². The van der Waals surface area contributed by atoms with Crippen molar-refractivity contribution in [2.75, 3.05) is 0 Å². The lowest BCUT2D eigenvalue weighted by atomic mass is 9.83. The molecule has 3 aromatic rings. The number of halogens is 6. The Labute approximate surface area is 229 Å². The topological polar surface area (TPSA) is 75.7 Å². The number of nitrogens with zero attached hydrogens (tertiary/aromatic N) is 1. The van der Waals surface area contributed by atoms with Crippen LogP contribution in [-0.2, 0) is 17.1 Å². The number of amides is 2. The second-order valence-electron chi connectivity index (χ2n) is 10.3. The molecule has 2 fully saturated rings. The van der Waals surface area contributed by atoms with Gasteiger partial charge in [0.2, 0.25) is 5.91 Å². The summed E-state index contributed by atoms with van der Waals surface area (Å²) >= 11 is 0. The van der Waals surface area contributed by atoms with Gasteiger partial charge in [0.15, 0.2) is 0 Å². The second-order valence-corrected chi connectivity index (χ2v) is 10.3. The quantitative estimate of drug-likeness (QED) is 0.222. The Morgan fingerprint density at radius 2 is 1.46 bits per heavy atom. The van der Waals surface area contributed by atoms with E-state index in [2.05, 4.69) is 5.32 Å². The Balaban J connectivity index is 1.52. The minimum absolute atomic E-state index is 0.0448. The van der Waals surface area contributed by atoms with E-state index in [1.54, 1.807) is 19.1 Å². The summed E-state index contributed by atoms with van der Waals surface area (Å²) in [7, 11) is 0. The number of esters is 1. The maximum atomic E-state index is 13.8. The summed E-state index contributed by atoms with van der Waals surface area (Å²) in [4.78, 5) is 40.3. The molecule has 2 aliphatic heterocycles. The molecule has 3 aromatic carbocycles. The predicted molar refractivity (Wildman–Crippen MR) is 132 cm³/mol. The van der Waals surface area contributed by atoms with Crippen LogP contribution in [0.5, 0.6) is 5.75 Å². The molecule has 2 aliphatic rings. The number of ether oxygens (including phenoxy) is 1. The molecule has 2 saturated heterocycles. The highest BCUT2D eigenvalue weighted by Gasteiger charge is 2.57. The zero-order valence-electron chi connectivity index (χ0n) is 21.3. The van der Waals surface area contributed by atoms with Gasteiger partial charge in [-0.2, -0.15) is 26.3 Å². The average Bonchev–Trinajstić information content (AvgIpc) is 3.35. The molecule has 12 heteroatoms. The molecule has 2 heterocycles. The third-order valence-corrected chi connectivity index (χ3v) is 7.37. The minimum Gasteiger partial charge on any atom is -0.423 e. The number of alkyl halides is 6. The summed E-state index contributed by atoms with van der Waals surface area (Å²) in [6.45, 7) is 1.76. The summed E-state index contributed by atoms with van der Waals surface area (Å²) in [5.74, 6) is -2.23. The van der Waals surface area contributed by atoms with Crippen molar-refractivity contribution in [3.8, 4) is 5.75 Å². The van der Waals surface area contributed by atoms with Gasteiger partial charge < -0.3 is 15.0 Å². The Kier molecular flexibility index (Phi) is 6.83. The van der Waals surface area contributed by atoms with Gasteiger partial charge in [0, 0.05) is 23.0 Å². The van der Waals surface area contributed by atoms with Gasteiger partial charge in [0.25, 0.3) is 5.91 Å². The number of fused-ring (bicyclic) bond motifs is 1. The molecule has 5 rings (SSSR count). The third-order valence-electron chi connectivity index (χ3n) is 7.37. The van der Waals surface area contributed by atoms with Crippen molar-refractivity contribution in [2.24, 2.45) is 5.41 Å². The molecule has 3 atom stereocenters. The highest BCUT2D eigenvalue weighted by Crippen LogP contribution is 2.53. The number of hydrogen-bond acceptors (Lipinski definition) is 4. The third kappa shape index (κ3) is 5.38. The highest BCUT2D eigenvalue weighted by atomic mass is 19.4. The van der Waals surface area contributed by atoms with Crippen LogP contribution in [0.1, 0.15) is 63.2 Å². The van der Waals surface area contributed by atoms with Crippen molar-refractivity contribution in [1.29, 1.82) is 0 Å². The maximum absolute atomic E-state index is 13.8. The van der Waals surface area contributed by atoms with E-state index >= 15 is 0 Å². The number of carbonyl (C=O) groups excluding carboxylic acids is 3. The molecular formula is C29H22F6N2O4. The first-order valence-corrected chi connectivity index (χ1v) is 12.4. The van der Waals surface area contributed by atoms with Gasteiger partial charge in [0.1, 0.15) is 11.9 Å². The monoisotopic (exact) mass is 576 g/mol. The van der Waals surface area contributed by atoms with E-state index in [9.17, 15) is 40.7 Å².